The number of hydrogen-bond acceptors (Lipinski definition) is 6. The number of anilines is 1. The molecule has 1 heterocycles. The van der Waals surface area contributed by atoms with E-state index in [9.17, 15) is 4.79 Å². The summed E-state index contributed by atoms with van der Waals surface area (Å²) < 4.78 is 16.7. The van der Waals surface area contributed by atoms with E-state index in [0.717, 1.165) is 11.1 Å². The number of carbonyl (C=O) groups is 1. The second-order valence-corrected chi connectivity index (χ2v) is 8.33. The lowest BCUT2D eigenvalue weighted by Crippen LogP contribution is -2.34. The number of fused-ring (bicyclic) bond motifs is 1. The molecule has 7 nitrogen and oxygen atoms in total. The molecule has 0 saturated carbocycles. The van der Waals surface area contributed by atoms with Crippen LogP contribution < -0.4 is 20.1 Å². The lowest BCUT2D eigenvalue weighted by molar-refractivity contribution is 0.0974. The second-order valence-electron chi connectivity index (χ2n) is 7.92. The maximum atomic E-state index is 12.7. The minimum atomic E-state index is -0.384. The molecule has 0 atom stereocenters. The number of rotatable bonds is 6. The molecular formula is C26H25N3O4S. The van der Waals surface area contributed by atoms with Gasteiger partial charge in [-0.25, -0.2) is 4.98 Å². The Balaban J connectivity index is 1.57. The third-order valence-corrected chi connectivity index (χ3v) is 5.56. The van der Waals surface area contributed by atoms with Crippen LogP contribution in [0.2, 0.25) is 0 Å². The highest BCUT2D eigenvalue weighted by Crippen LogP contribution is 2.32. The molecule has 4 aromatic rings. The number of para-hydroxylation sites is 1. The first-order valence-corrected chi connectivity index (χ1v) is 11.1. The van der Waals surface area contributed by atoms with Crippen molar-refractivity contribution in [2.24, 2.45) is 0 Å². The van der Waals surface area contributed by atoms with Crippen molar-refractivity contribution in [1.29, 1.82) is 0 Å². The summed E-state index contributed by atoms with van der Waals surface area (Å²) in [7, 11) is 3.07. The summed E-state index contributed by atoms with van der Waals surface area (Å²) in [5.41, 5.74) is 4.39. The molecule has 0 fully saturated rings. The molecule has 0 unspecified atom stereocenters. The van der Waals surface area contributed by atoms with E-state index < -0.39 is 0 Å². The Morgan fingerprint density at radius 3 is 2.50 bits per heavy atom. The van der Waals surface area contributed by atoms with Gasteiger partial charge in [-0.15, -0.1) is 0 Å². The maximum Gasteiger partial charge on any atom is 0.261 e. The van der Waals surface area contributed by atoms with Crippen LogP contribution in [0.25, 0.3) is 22.6 Å². The molecule has 0 saturated heterocycles. The van der Waals surface area contributed by atoms with Crippen LogP contribution in [0.4, 0.5) is 5.69 Å². The Morgan fingerprint density at radius 2 is 1.76 bits per heavy atom. The fraction of sp³-hybridized carbons (Fsp3) is 0.192. The summed E-state index contributed by atoms with van der Waals surface area (Å²) in [4.78, 5) is 17.3. The van der Waals surface area contributed by atoms with E-state index in [1.54, 1.807) is 37.4 Å². The van der Waals surface area contributed by atoms with Gasteiger partial charge in [-0.3, -0.25) is 10.1 Å². The number of nitrogens with zero attached hydrogens (tertiary/aromatic N) is 1. The average molecular weight is 476 g/mol. The maximum absolute atomic E-state index is 12.7. The van der Waals surface area contributed by atoms with Crippen molar-refractivity contribution in [3.8, 4) is 23.0 Å². The van der Waals surface area contributed by atoms with E-state index in [-0.39, 0.29) is 11.0 Å². The van der Waals surface area contributed by atoms with E-state index in [4.69, 9.17) is 26.1 Å². The molecule has 0 aliphatic carbocycles. The predicted octanol–water partition coefficient (Wildman–Crippen LogP) is 5.76. The molecule has 1 amide bonds. The van der Waals surface area contributed by atoms with E-state index in [1.807, 2.05) is 30.3 Å². The van der Waals surface area contributed by atoms with Gasteiger partial charge in [0.2, 0.25) is 5.89 Å². The van der Waals surface area contributed by atoms with Gasteiger partial charge in [-0.2, -0.15) is 0 Å². The fourth-order valence-corrected chi connectivity index (χ4v) is 3.72. The van der Waals surface area contributed by atoms with Crippen LogP contribution >= 0.6 is 12.2 Å². The molecule has 2 N–H and O–H groups in total. The summed E-state index contributed by atoms with van der Waals surface area (Å²) >= 11 is 5.37. The molecular weight excluding hydrogens is 450 g/mol. The largest absolute Gasteiger partial charge is 0.496 e. The molecule has 0 spiro atoms. The molecule has 4 rings (SSSR count). The highest BCUT2D eigenvalue weighted by atomic mass is 32.1. The van der Waals surface area contributed by atoms with Gasteiger partial charge in [0.25, 0.3) is 5.91 Å². The number of oxazole rings is 1. The van der Waals surface area contributed by atoms with Crippen molar-refractivity contribution in [3.63, 3.8) is 0 Å². The Kier molecular flexibility index (Phi) is 6.79. The Bertz CT molecular complexity index is 1360. The average Bonchev–Trinajstić information content (AvgIpc) is 3.27. The number of amides is 1. The number of methoxy groups -OCH3 is 2. The highest BCUT2D eigenvalue weighted by molar-refractivity contribution is 7.80. The van der Waals surface area contributed by atoms with Crippen LogP contribution in [0, 0.1) is 0 Å². The van der Waals surface area contributed by atoms with Crippen LogP contribution in [-0.4, -0.2) is 30.2 Å². The van der Waals surface area contributed by atoms with Crippen LogP contribution in [-0.2, 0) is 0 Å². The smallest absolute Gasteiger partial charge is 0.261 e. The van der Waals surface area contributed by atoms with Gasteiger partial charge >= 0.3 is 0 Å². The number of ether oxygens (including phenoxy) is 2. The van der Waals surface area contributed by atoms with Gasteiger partial charge in [-0.05, 0) is 66.2 Å². The summed E-state index contributed by atoms with van der Waals surface area (Å²) in [6.07, 6.45) is 0. The third kappa shape index (κ3) is 4.87. The Labute approximate surface area is 203 Å². The second kappa shape index (κ2) is 9.93. The molecule has 0 aliphatic heterocycles. The van der Waals surface area contributed by atoms with E-state index >= 15 is 0 Å². The van der Waals surface area contributed by atoms with Gasteiger partial charge in [0.15, 0.2) is 10.7 Å². The number of thiocarbonyl (C=S) groups is 1. The van der Waals surface area contributed by atoms with Gasteiger partial charge in [0.1, 0.15) is 17.0 Å². The predicted molar refractivity (Wildman–Crippen MR) is 137 cm³/mol. The van der Waals surface area contributed by atoms with Crippen molar-refractivity contribution in [2.75, 3.05) is 19.5 Å². The van der Waals surface area contributed by atoms with Gasteiger partial charge in [0, 0.05) is 5.56 Å². The van der Waals surface area contributed by atoms with E-state index in [2.05, 4.69) is 29.5 Å². The minimum Gasteiger partial charge on any atom is -0.496 e. The lowest BCUT2D eigenvalue weighted by atomic mass is 10.0. The van der Waals surface area contributed by atoms with Crippen molar-refractivity contribution >= 4 is 40.0 Å². The molecule has 1 aromatic heterocycles. The van der Waals surface area contributed by atoms with Crippen molar-refractivity contribution in [2.45, 2.75) is 19.8 Å². The van der Waals surface area contributed by atoms with Gasteiger partial charge in [0.05, 0.1) is 25.5 Å². The first-order chi connectivity index (χ1) is 16.4. The molecule has 174 valence electrons. The van der Waals surface area contributed by atoms with E-state index in [0.29, 0.717) is 40.1 Å². The normalized spacial score (nSPS) is 10.9. The number of benzene rings is 3. The fourth-order valence-electron chi connectivity index (χ4n) is 3.52. The highest BCUT2D eigenvalue weighted by Gasteiger charge is 2.16. The van der Waals surface area contributed by atoms with Crippen molar-refractivity contribution in [1.82, 2.24) is 10.3 Å². The van der Waals surface area contributed by atoms with Crippen LogP contribution in [0.5, 0.6) is 11.5 Å². The molecule has 0 radical (unpaired) electrons. The van der Waals surface area contributed by atoms with Crippen LogP contribution in [0.15, 0.2) is 65.1 Å². The zero-order valence-corrected chi connectivity index (χ0v) is 20.2. The zero-order chi connectivity index (χ0) is 24.2. The third-order valence-electron chi connectivity index (χ3n) is 5.35. The standard InChI is InChI=1S/C26H25N3O4S/c1-15(2)16-9-12-23-20(13-16)27-25(33-23)17-10-11-22(32-4)19(14-17)28-26(34)29-24(30)18-7-5-6-8-21(18)31-3/h5-15H,1-4H3,(H2,28,29,30,34). The summed E-state index contributed by atoms with van der Waals surface area (Å²) in [5.74, 6) is 1.50. The first-order valence-electron chi connectivity index (χ1n) is 10.7. The quantitative estimate of drug-likeness (QED) is 0.343. The summed E-state index contributed by atoms with van der Waals surface area (Å²) in [6, 6.07) is 18.4. The van der Waals surface area contributed by atoms with Gasteiger partial charge in [-0.1, -0.05) is 32.0 Å². The number of aromatic nitrogens is 1. The number of hydrogen-bond donors (Lipinski definition) is 2. The van der Waals surface area contributed by atoms with Crippen LogP contribution in [0.1, 0.15) is 35.7 Å². The lowest BCUT2D eigenvalue weighted by Gasteiger charge is -2.14. The minimum absolute atomic E-state index is 0.116. The first kappa shape index (κ1) is 23.3. The van der Waals surface area contributed by atoms with Crippen molar-refractivity contribution < 1.29 is 18.7 Å². The molecule has 0 bridgehead atoms. The zero-order valence-electron chi connectivity index (χ0n) is 19.3. The molecule has 8 heteroatoms. The van der Waals surface area contributed by atoms with Crippen LogP contribution in [0.3, 0.4) is 0 Å². The van der Waals surface area contributed by atoms with Gasteiger partial charge < -0.3 is 19.2 Å². The summed E-state index contributed by atoms with van der Waals surface area (Å²) in [6.45, 7) is 4.28. The topological polar surface area (TPSA) is 85.6 Å². The monoisotopic (exact) mass is 475 g/mol. The molecule has 0 aliphatic rings. The molecule has 3 aromatic carbocycles. The number of carbonyl (C=O) groups excluding carboxylic acids is 1. The Hall–Kier alpha value is -3.91. The van der Waals surface area contributed by atoms with E-state index in [1.165, 1.54) is 12.7 Å². The van der Waals surface area contributed by atoms with Crippen molar-refractivity contribution in [3.05, 3.63) is 71.8 Å². The summed E-state index contributed by atoms with van der Waals surface area (Å²) in [5, 5.41) is 5.82. The SMILES string of the molecule is COc1ccc(-c2nc3cc(C(C)C)ccc3o2)cc1NC(=S)NC(=O)c1ccccc1OC. The number of nitrogens with one attached hydrogen (secondary N) is 2. The Morgan fingerprint density at radius 1 is 1.00 bits per heavy atom. The molecule has 34 heavy (non-hydrogen) atoms.